The molecule has 1 amide bonds. The quantitative estimate of drug-likeness (QED) is 0.841. The zero-order chi connectivity index (χ0) is 14.6. The molecule has 20 heavy (non-hydrogen) atoms. The predicted molar refractivity (Wildman–Crippen MR) is 84.3 cm³/mol. The molecule has 4 nitrogen and oxygen atoms in total. The van der Waals surface area contributed by atoms with Crippen molar-refractivity contribution in [1.29, 1.82) is 0 Å². The molecule has 0 spiro atoms. The molecule has 1 saturated heterocycles. The van der Waals surface area contributed by atoms with Gasteiger partial charge in [-0.25, -0.2) is 4.79 Å². The minimum Gasteiger partial charge on any atom is -0.444 e. The van der Waals surface area contributed by atoms with E-state index in [4.69, 9.17) is 4.74 Å². The van der Waals surface area contributed by atoms with Gasteiger partial charge < -0.3 is 15.4 Å². The molecule has 5 heteroatoms. The van der Waals surface area contributed by atoms with Gasteiger partial charge in [0.25, 0.3) is 0 Å². The fourth-order valence-corrected chi connectivity index (χ4v) is 4.11. The van der Waals surface area contributed by atoms with E-state index in [2.05, 4.69) is 10.6 Å². The van der Waals surface area contributed by atoms with Crippen molar-refractivity contribution in [3.63, 3.8) is 0 Å². The van der Waals surface area contributed by atoms with Crippen LogP contribution in [0.3, 0.4) is 0 Å². The normalized spacial score (nSPS) is 31.1. The van der Waals surface area contributed by atoms with Crippen LogP contribution in [0.1, 0.15) is 52.9 Å². The van der Waals surface area contributed by atoms with Crippen LogP contribution >= 0.6 is 11.8 Å². The Balaban J connectivity index is 1.73. The van der Waals surface area contributed by atoms with E-state index in [9.17, 15) is 4.79 Å². The number of ether oxygens (including phenoxy) is 1. The molecule has 1 saturated carbocycles. The summed E-state index contributed by atoms with van der Waals surface area (Å²) in [5.41, 5.74) is -0.419. The largest absolute Gasteiger partial charge is 0.444 e. The molecule has 0 unspecified atom stereocenters. The summed E-state index contributed by atoms with van der Waals surface area (Å²) in [5.74, 6) is 2.52. The summed E-state index contributed by atoms with van der Waals surface area (Å²) in [5, 5.41) is 6.78. The highest BCUT2D eigenvalue weighted by Crippen LogP contribution is 2.23. The first-order chi connectivity index (χ1) is 9.42. The molecule has 0 aromatic carbocycles. The van der Waals surface area contributed by atoms with Gasteiger partial charge in [-0.1, -0.05) is 0 Å². The molecular formula is C15H28N2O2S. The second-order valence-electron chi connectivity index (χ2n) is 6.93. The average molecular weight is 300 g/mol. The Morgan fingerprint density at radius 1 is 1.15 bits per heavy atom. The van der Waals surface area contributed by atoms with Crippen molar-refractivity contribution >= 4 is 17.9 Å². The van der Waals surface area contributed by atoms with Gasteiger partial charge in [-0.15, -0.1) is 0 Å². The maximum Gasteiger partial charge on any atom is 0.407 e. The number of carbonyl (C=O) groups excluding carboxylic acids is 1. The number of carbonyl (C=O) groups is 1. The number of nitrogens with one attached hydrogen (secondary N) is 2. The summed E-state index contributed by atoms with van der Waals surface area (Å²) in [6.45, 7) is 5.70. The molecule has 0 bridgehead atoms. The van der Waals surface area contributed by atoms with Gasteiger partial charge in [-0.2, -0.15) is 11.8 Å². The van der Waals surface area contributed by atoms with E-state index in [0.29, 0.717) is 12.1 Å². The van der Waals surface area contributed by atoms with Gasteiger partial charge in [0.2, 0.25) is 0 Å². The molecule has 0 aromatic rings. The van der Waals surface area contributed by atoms with E-state index < -0.39 is 5.60 Å². The number of rotatable bonds is 3. The van der Waals surface area contributed by atoms with E-state index in [0.717, 1.165) is 12.8 Å². The summed E-state index contributed by atoms with van der Waals surface area (Å²) < 4.78 is 5.34. The molecule has 1 heterocycles. The first kappa shape index (κ1) is 16.0. The van der Waals surface area contributed by atoms with E-state index in [1.807, 2.05) is 32.5 Å². The predicted octanol–water partition coefficient (Wildman–Crippen LogP) is 2.92. The number of amides is 1. The van der Waals surface area contributed by atoms with Crippen LogP contribution in [0.15, 0.2) is 0 Å². The van der Waals surface area contributed by atoms with Crippen LogP contribution in [-0.2, 0) is 4.74 Å². The molecule has 2 fully saturated rings. The Morgan fingerprint density at radius 2 is 1.90 bits per heavy atom. The smallest absolute Gasteiger partial charge is 0.407 e. The van der Waals surface area contributed by atoms with E-state index in [1.165, 1.54) is 30.8 Å². The van der Waals surface area contributed by atoms with Crippen LogP contribution in [-0.4, -0.2) is 41.3 Å². The van der Waals surface area contributed by atoms with Crippen LogP contribution in [0.5, 0.6) is 0 Å². The molecule has 0 radical (unpaired) electrons. The second-order valence-corrected chi connectivity index (χ2v) is 8.08. The number of hydrogen-bond acceptors (Lipinski definition) is 4. The third kappa shape index (κ3) is 5.52. The van der Waals surface area contributed by atoms with Gasteiger partial charge in [-0.05, 0) is 58.6 Å². The summed E-state index contributed by atoms with van der Waals surface area (Å²) in [7, 11) is 0. The molecule has 0 aromatic heterocycles. The van der Waals surface area contributed by atoms with Gasteiger partial charge in [0.1, 0.15) is 5.60 Å². The Hall–Kier alpha value is -0.420. The van der Waals surface area contributed by atoms with Crippen LogP contribution in [0, 0.1) is 0 Å². The lowest BCUT2D eigenvalue weighted by Gasteiger charge is -2.32. The van der Waals surface area contributed by atoms with Gasteiger partial charge >= 0.3 is 6.09 Å². The zero-order valence-corrected chi connectivity index (χ0v) is 13.7. The highest BCUT2D eigenvalue weighted by atomic mass is 32.2. The number of alkyl carbamates (subject to hydrolysis) is 1. The summed E-state index contributed by atoms with van der Waals surface area (Å²) in [4.78, 5) is 11.8. The highest BCUT2D eigenvalue weighted by Gasteiger charge is 2.27. The van der Waals surface area contributed by atoms with Gasteiger partial charge in [0, 0.05) is 23.9 Å². The summed E-state index contributed by atoms with van der Waals surface area (Å²) in [6, 6.07) is 1.47. The molecule has 1 aliphatic carbocycles. The van der Waals surface area contributed by atoms with Crippen molar-refractivity contribution in [2.24, 2.45) is 0 Å². The van der Waals surface area contributed by atoms with Gasteiger partial charge in [0.15, 0.2) is 0 Å². The Labute approximate surface area is 126 Å². The lowest BCUT2D eigenvalue weighted by Crippen LogP contribution is -2.48. The van der Waals surface area contributed by atoms with Crippen molar-refractivity contribution < 1.29 is 9.53 Å². The molecular weight excluding hydrogens is 272 g/mol. The third-order valence-corrected chi connectivity index (χ3v) is 4.96. The van der Waals surface area contributed by atoms with E-state index >= 15 is 0 Å². The second kappa shape index (κ2) is 7.03. The van der Waals surface area contributed by atoms with E-state index in [1.54, 1.807) is 0 Å². The molecule has 116 valence electrons. The van der Waals surface area contributed by atoms with E-state index in [-0.39, 0.29) is 12.1 Å². The highest BCUT2D eigenvalue weighted by molar-refractivity contribution is 7.99. The summed E-state index contributed by atoms with van der Waals surface area (Å²) >= 11 is 2.04. The van der Waals surface area contributed by atoms with Crippen molar-refractivity contribution in [3.05, 3.63) is 0 Å². The monoisotopic (exact) mass is 300 g/mol. The average Bonchev–Trinajstić information content (AvgIpc) is 2.79. The fraction of sp³-hybridized carbons (Fsp3) is 0.933. The maximum atomic E-state index is 11.8. The Bertz CT molecular complexity index is 324. The van der Waals surface area contributed by atoms with Crippen molar-refractivity contribution in [3.8, 4) is 0 Å². The number of thioether (sulfide) groups is 1. The molecule has 2 aliphatic rings. The Kier molecular flexibility index (Phi) is 5.61. The Morgan fingerprint density at radius 3 is 2.55 bits per heavy atom. The van der Waals surface area contributed by atoms with Crippen molar-refractivity contribution in [1.82, 2.24) is 10.6 Å². The standard InChI is InChI=1S/C15H28N2O2S/c1-15(2,3)19-14(18)17-12-6-4-5-11(9-12)16-13-7-8-20-10-13/h11-13,16H,4-10H2,1-3H3,(H,17,18)/t11-,12+,13-/m0/s1. The lowest BCUT2D eigenvalue weighted by molar-refractivity contribution is 0.0488. The van der Waals surface area contributed by atoms with Crippen molar-refractivity contribution in [2.75, 3.05) is 11.5 Å². The maximum absolute atomic E-state index is 11.8. The van der Waals surface area contributed by atoms with Crippen LogP contribution in [0.2, 0.25) is 0 Å². The number of hydrogen-bond donors (Lipinski definition) is 2. The van der Waals surface area contributed by atoms with Gasteiger partial charge in [-0.3, -0.25) is 0 Å². The van der Waals surface area contributed by atoms with Crippen molar-refractivity contribution in [2.45, 2.75) is 76.6 Å². The minimum absolute atomic E-state index is 0.255. The third-order valence-electron chi connectivity index (χ3n) is 3.80. The zero-order valence-electron chi connectivity index (χ0n) is 12.9. The molecule has 2 rings (SSSR count). The first-order valence-corrected chi connectivity index (χ1v) is 8.91. The molecule has 2 N–H and O–H groups in total. The molecule has 1 aliphatic heterocycles. The first-order valence-electron chi connectivity index (χ1n) is 7.76. The van der Waals surface area contributed by atoms with Crippen LogP contribution < -0.4 is 10.6 Å². The topological polar surface area (TPSA) is 50.4 Å². The van der Waals surface area contributed by atoms with Gasteiger partial charge in [0.05, 0.1) is 0 Å². The fourth-order valence-electron chi connectivity index (χ4n) is 2.95. The lowest BCUT2D eigenvalue weighted by atomic mass is 9.90. The van der Waals surface area contributed by atoms with Crippen LogP contribution in [0.4, 0.5) is 4.79 Å². The SMILES string of the molecule is CC(C)(C)OC(=O)N[C@@H]1CCC[C@H](N[C@H]2CCSC2)C1. The summed E-state index contributed by atoms with van der Waals surface area (Å²) in [6.07, 6.45) is 5.51. The minimum atomic E-state index is -0.419. The van der Waals surface area contributed by atoms with Crippen LogP contribution in [0.25, 0.3) is 0 Å². The molecule has 3 atom stereocenters.